The van der Waals surface area contributed by atoms with Gasteiger partial charge in [0.2, 0.25) is 5.89 Å². The van der Waals surface area contributed by atoms with Gasteiger partial charge in [-0.25, -0.2) is 0 Å². The number of benzene rings is 1. The first kappa shape index (κ1) is 17.9. The molecule has 1 aromatic carbocycles. The van der Waals surface area contributed by atoms with Gasteiger partial charge in [0.05, 0.1) is 18.8 Å². The van der Waals surface area contributed by atoms with Gasteiger partial charge in [0.25, 0.3) is 0 Å². The first-order chi connectivity index (χ1) is 13.3. The van der Waals surface area contributed by atoms with E-state index >= 15 is 0 Å². The summed E-state index contributed by atoms with van der Waals surface area (Å²) >= 11 is 0. The highest BCUT2D eigenvalue weighted by molar-refractivity contribution is 5.58. The van der Waals surface area contributed by atoms with Gasteiger partial charge in [-0.3, -0.25) is 4.90 Å². The zero-order valence-corrected chi connectivity index (χ0v) is 15.6. The van der Waals surface area contributed by atoms with Gasteiger partial charge in [0.15, 0.2) is 5.82 Å². The Morgan fingerprint density at radius 2 is 2.22 bits per heavy atom. The first-order valence-electron chi connectivity index (χ1n) is 9.48. The first-order valence-corrected chi connectivity index (χ1v) is 9.48. The number of hydrogen-bond acceptors (Lipinski definition) is 6. The minimum Gasteiger partial charge on any atom is -0.464 e. The van der Waals surface area contributed by atoms with E-state index in [4.69, 9.17) is 13.7 Å². The predicted octanol–water partition coefficient (Wildman–Crippen LogP) is 3.90. The maximum absolute atomic E-state index is 5.52. The van der Waals surface area contributed by atoms with Crippen LogP contribution in [0.2, 0.25) is 0 Å². The number of piperidine rings is 1. The average Bonchev–Trinajstić information content (AvgIpc) is 3.39. The molecule has 0 amide bonds. The van der Waals surface area contributed by atoms with Crippen LogP contribution in [-0.4, -0.2) is 41.8 Å². The number of rotatable bonds is 7. The Morgan fingerprint density at radius 1 is 1.26 bits per heavy atom. The number of methoxy groups -OCH3 is 1. The van der Waals surface area contributed by atoms with Crippen molar-refractivity contribution in [2.45, 2.75) is 31.7 Å². The molecule has 0 aliphatic carbocycles. The number of nitrogens with zero attached hydrogens (tertiary/aromatic N) is 3. The van der Waals surface area contributed by atoms with Crippen LogP contribution in [0.1, 0.15) is 36.0 Å². The molecule has 1 aliphatic rings. The summed E-state index contributed by atoms with van der Waals surface area (Å²) in [5.41, 5.74) is 2.40. The fourth-order valence-corrected chi connectivity index (χ4v) is 3.65. The molecule has 1 fully saturated rings. The fraction of sp³-hybridized carbons (Fsp3) is 0.429. The number of furan rings is 1. The molecule has 6 nitrogen and oxygen atoms in total. The Hall–Kier alpha value is -2.44. The Labute approximate surface area is 159 Å². The number of ether oxygens (including phenoxy) is 1. The molecule has 3 aromatic rings. The van der Waals surface area contributed by atoms with Gasteiger partial charge in [0, 0.05) is 32.2 Å². The van der Waals surface area contributed by atoms with Crippen molar-refractivity contribution in [1.29, 1.82) is 0 Å². The van der Waals surface area contributed by atoms with Crippen molar-refractivity contribution in [1.82, 2.24) is 15.0 Å². The SMILES string of the molecule is COCCc1noc(C2CCCN(Cc3cccc(-c4ccco4)c3)C2)n1. The van der Waals surface area contributed by atoms with Crippen molar-refractivity contribution >= 4 is 0 Å². The summed E-state index contributed by atoms with van der Waals surface area (Å²) in [6.07, 6.45) is 4.63. The lowest BCUT2D eigenvalue weighted by Gasteiger charge is -2.31. The molecule has 1 atom stereocenters. The van der Waals surface area contributed by atoms with Crippen LogP contribution in [0.25, 0.3) is 11.3 Å². The highest BCUT2D eigenvalue weighted by Crippen LogP contribution is 2.28. The summed E-state index contributed by atoms with van der Waals surface area (Å²) in [6, 6.07) is 12.5. The molecule has 4 rings (SSSR count). The number of hydrogen-bond donors (Lipinski definition) is 0. The molecule has 0 radical (unpaired) electrons. The van der Waals surface area contributed by atoms with Crippen molar-refractivity contribution in [3.63, 3.8) is 0 Å². The highest BCUT2D eigenvalue weighted by Gasteiger charge is 2.26. The smallest absolute Gasteiger partial charge is 0.231 e. The van der Waals surface area contributed by atoms with Crippen molar-refractivity contribution in [3.8, 4) is 11.3 Å². The monoisotopic (exact) mass is 367 g/mol. The molecule has 1 aliphatic heterocycles. The van der Waals surface area contributed by atoms with Crippen LogP contribution < -0.4 is 0 Å². The Bertz CT molecular complexity index is 844. The lowest BCUT2D eigenvalue weighted by atomic mass is 9.97. The highest BCUT2D eigenvalue weighted by atomic mass is 16.5. The third-order valence-electron chi connectivity index (χ3n) is 5.01. The van der Waals surface area contributed by atoms with Gasteiger partial charge in [-0.05, 0) is 43.1 Å². The van der Waals surface area contributed by atoms with E-state index < -0.39 is 0 Å². The summed E-state index contributed by atoms with van der Waals surface area (Å²) in [4.78, 5) is 7.03. The molecule has 142 valence electrons. The molecule has 0 bridgehead atoms. The largest absolute Gasteiger partial charge is 0.464 e. The zero-order chi connectivity index (χ0) is 18.5. The standard InChI is InChI=1S/C21H25N3O3/c1-25-12-9-20-22-21(27-23-20)18-7-3-10-24(15-18)14-16-5-2-6-17(13-16)19-8-4-11-26-19/h2,4-6,8,11,13,18H,3,7,9-10,12,14-15H2,1H3. The maximum atomic E-state index is 5.52. The molecular formula is C21H25N3O3. The third-order valence-corrected chi connectivity index (χ3v) is 5.01. The Morgan fingerprint density at radius 3 is 3.07 bits per heavy atom. The zero-order valence-electron chi connectivity index (χ0n) is 15.6. The van der Waals surface area contributed by atoms with Gasteiger partial charge in [-0.2, -0.15) is 4.98 Å². The second kappa shape index (κ2) is 8.50. The van der Waals surface area contributed by atoms with E-state index in [1.807, 2.05) is 12.1 Å². The van der Waals surface area contributed by atoms with E-state index in [0.29, 0.717) is 18.9 Å². The molecule has 1 unspecified atom stereocenters. The fourth-order valence-electron chi connectivity index (χ4n) is 3.65. The summed E-state index contributed by atoms with van der Waals surface area (Å²) in [5.74, 6) is 2.70. The summed E-state index contributed by atoms with van der Waals surface area (Å²) < 4.78 is 16.1. The average molecular weight is 367 g/mol. The maximum Gasteiger partial charge on any atom is 0.231 e. The van der Waals surface area contributed by atoms with E-state index in [2.05, 4.69) is 39.3 Å². The topological polar surface area (TPSA) is 64.5 Å². The van der Waals surface area contributed by atoms with Gasteiger partial charge in [-0.1, -0.05) is 23.4 Å². The lowest BCUT2D eigenvalue weighted by molar-refractivity contribution is 0.180. The van der Waals surface area contributed by atoms with Gasteiger partial charge < -0.3 is 13.7 Å². The minimum absolute atomic E-state index is 0.302. The molecule has 27 heavy (non-hydrogen) atoms. The van der Waals surface area contributed by atoms with Crippen molar-refractivity contribution in [2.24, 2.45) is 0 Å². The quantitative estimate of drug-likeness (QED) is 0.631. The van der Waals surface area contributed by atoms with E-state index in [1.165, 1.54) is 5.56 Å². The van der Waals surface area contributed by atoms with Crippen molar-refractivity contribution < 1.29 is 13.7 Å². The second-order valence-electron chi connectivity index (χ2n) is 7.04. The Balaban J connectivity index is 1.40. The molecular weight excluding hydrogens is 342 g/mol. The van der Waals surface area contributed by atoms with Gasteiger partial charge in [-0.15, -0.1) is 0 Å². The van der Waals surface area contributed by atoms with Gasteiger partial charge in [0.1, 0.15) is 5.76 Å². The van der Waals surface area contributed by atoms with Gasteiger partial charge >= 0.3 is 0 Å². The predicted molar refractivity (Wildman–Crippen MR) is 101 cm³/mol. The van der Waals surface area contributed by atoms with Crippen molar-refractivity contribution in [2.75, 3.05) is 26.8 Å². The minimum atomic E-state index is 0.302. The lowest BCUT2D eigenvalue weighted by Crippen LogP contribution is -2.34. The second-order valence-corrected chi connectivity index (χ2v) is 7.04. The number of aromatic nitrogens is 2. The van der Waals surface area contributed by atoms with E-state index in [-0.39, 0.29) is 0 Å². The molecule has 0 saturated carbocycles. The molecule has 1 saturated heterocycles. The van der Waals surface area contributed by atoms with Crippen LogP contribution in [0.4, 0.5) is 0 Å². The Kier molecular flexibility index (Phi) is 5.65. The van der Waals surface area contributed by atoms with Crippen LogP contribution in [0, 0.1) is 0 Å². The van der Waals surface area contributed by atoms with Crippen LogP contribution in [0.3, 0.4) is 0 Å². The molecule has 3 heterocycles. The summed E-state index contributed by atoms with van der Waals surface area (Å²) in [6.45, 7) is 3.56. The molecule has 0 N–H and O–H groups in total. The molecule has 2 aromatic heterocycles. The van der Waals surface area contributed by atoms with Crippen LogP contribution in [-0.2, 0) is 17.7 Å². The number of likely N-dealkylation sites (tertiary alicyclic amines) is 1. The van der Waals surface area contributed by atoms with E-state index in [9.17, 15) is 0 Å². The summed E-state index contributed by atoms with van der Waals surface area (Å²) in [7, 11) is 1.68. The van der Waals surface area contributed by atoms with Crippen LogP contribution in [0.15, 0.2) is 51.6 Å². The van der Waals surface area contributed by atoms with Crippen molar-refractivity contribution in [3.05, 3.63) is 59.9 Å². The normalized spacial score (nSPS) is 18.0. The van der Waals surface area contributed by atoms with E-state index in [0.717, 1.165) is 55.5 Å². The summed E-state index contributed by atoms with van der Waals surface area (Å²) in [5, 5.41) is 4.08. The molecule has 6 heteroatoms. The van der Waals surface area contributed by atoms with E-state index in [1.54, 1.807) is 13.4 Å². The molecule has 0 spiro atoms. The van der Waals surface area contributed by atoms with Crippen LogP contribution >= 0.6 is 0 Å². The van der Waals surface area contributed by atoms with Crippen LogP contribution in [0.5, 0.6) is 0 Å². The third kappa shape index (κ3) is 4.46.